The SMILES string of the molecule is COC1=NC(=O)CCC1(c1ccccc1)C1CCN(Cc2ccccc2)CC1. The number of benzene rings is 2. The molecule has 2 aliphatic heterocycles. The second-order valence-corrected chi connectivity index (χ2v) is 7.89. The number of hydrogen-bond donors (Lipinski definition) is 0. The van der Waals surface area contributed by atoms with Gasteiger partial charge in [0.25, 0.3) is 0 Å². The Morgan fingerprint density at radius 3 is 2.32 bits per heavy atom. The van der Waals surface area contributed by atoms with Crippen molar-refractivity contribution in [1.82, 2.24) is 4.90 Å². The lowest BCUT2D eigenvalue weighted by Gasteiger charge is -2.46. The van der Waals surface area contributed by atoms with Crippen LogP contribution < -0.4 is 0 Å². The molecule has 2 aliphatic rings. The lowest BCUT2D eigenvalue weighted by Crippen LogP contribution is -2.50. The zero-order valence-electron chi connectivity index (χ0n) is 16.5. The average molecular weight is 377 g/mol. The van der Waals surface area contributed by atoms with Crippen LogP contribution in [0.2, 0.25) is 0 Å². The number of methoxy groups -OCH3 is 1. The molecule has 0 bridgehead atoms. The smallest absolute Gasteiger partial charge is 0.248 e. The van der Waals surface area contributed by atoms with Crippen LogP contribution in [0, 0.1) is 5.92 Å². The summed E-state index contributed by atoms with van der Waals surface area (Å²) in [6.07, 6.45) is 3.44. The van der Waals surface area contributed by atoms with E-state index < -0.39 is 0 Å². The van der Waals surface area contributed by atoms with Crippen LogP contribution >= 0.6 is 0 Å². The normalized spacial score (nSPS) is 24.0. The highest BCUT2D eigenvalue weighted by atomic mass is 16.5. The molecule has 4 nitrogen and oxygen atoms in total. The fourth-order valence-electron chi connectivity index (χ4n) is 4.95. The molecule has 0 radical (unpaired) electrons. The van der Waals surface area contributed by atoms with Gasteiger partial charge in [-0.15, -0.1) is 0 Å². The van der Waals surface area contributed by atoms with Crippen LogP contribution in [0.25, 0.3) is 0 Å². The molecular formula is C24H28N2O2. The molecular weight excluding hydrogens is 348 g/mol. The van der Waals surface area contributed by atoms with Gasteiger partial charge in [-0.2, -0.15) is 4.99 Å². The molecule has 28 heavy (non-hydrogen) atoms. The van der Waals surface area contributed by atoms with Crippen molar-refractivity contribution in [2.24, 2.45) is 10.9 Å². The van der Waals surface area contributed by atoms with Crippen LogP contribution in [0.3, 0.4) is 0 Å². The van der Waals surface area contributed by atoms with E-state index in [0.29, 0.717) is 18.2 Å². The van der Waals surface area contributed by atoms with E-state index in [4.69, 9.17) is 4.74 Å². The van der Waals surface area contributed by atoms with E-state index in [2.05, 4.69) is 64.5 Å². The molecule has 4 rings (SSSR count). The maximum absolute atomic E-state index is 12.0. The third kappa shape index (κ3) is 3.61. The van der Waals surface area contributed by atoms with Crippen molar-refractivity contribution in [3.8, 4) is 0 Å². The number of carbonyl (C=O) groups is 1. The summed E-state index contributed by atoms with van der Waals surface area (Å²) in [5, 5.41) is 0. The molecule has 0 saturated carbocycles. The van der Waals surface area contributed by atoms with Gasteiger partial charge in [-0.3, -0.25) is 9.69 Å². The molecule has 2 aromatic carbocycles. The first-order valence-electron chi connectivity index (χ1n) is 10.2. The minimum atomic E-state index is -0.289. The second-order valence-electron chi connectivity index (χ2n) is 7.89. The van der Waals surface area contributed by atoms with E-state index in [1.807, 2.05) is 6.07 Å². The monoisotopic (exact) mass is 376 g/mol. The number of amides is 1. The van der Waals surface area contributed by atoms with Crippen molar-refractivity contribution >= 4 is 11.8 Å². The van der Waals surface area contributed by atoms with E-state index in [1.165, 1.54) is 11.1 Å². The number of carbonyl (C=O) groups excluding carboxylic acids is 1. The molecule has 1 atom stereocenters. The Morgan fingerprint density at radius 2 is 1.68 bits per heavy atom. The standard InChI is InChI=1S/C24H28N2O2/c1-28-23-24(15-12-22(27)25-23,20-10-6-3-7-11-20)21-13-16-26(17-14-21)18-19-8-4-2-5-9-19/h2-11,21H,12-18H2,1H3. The summed E-state index contributed by atoms with van der Waals surface area (Å²) in [4.78, 5) is 18.9. The molecule has 146 valence electrons. The molecule has 1 fully saturated rings. The Bertz CT molecular complexity index is 826. The third-order valence-electron chi connectivity index (χ3n) is 6.36. The van der Waals surface area contributed by atoms with Gasteiger partial charge in [0.2, 0.25) is 11.8 Å². The van der Waals surface area contributed by atoms with Gasteiger partial charge in [-0.25, -0.2) is 0 Å². The number of likely N-dealkylation sites (tertiary alicyclic amines) is 1. The van der Waals surface area contributed by atoms with Crippen molar-refractivity contribution < 1.29 is 9.53 Å². The van der Waals surface area contributed by atoms with E-state index in [0.717, 1.165) is 38.9 Å². The summed E-state index contributed by atoms with van der Waals surface area (Å²) in [7, 11) is 1.65. The Hall–Kier alpha value is -2.46. The minimum Gasteiger partial charge on any atom is -0.483 e. The molecule has 2 heterocycles. The summed E-state index contributed by atoms with van der Waals surface area (Å²) in [5.41, 5.74) is 2.30. The Labute approximate surface area is 167 Å². The van der Waals surface area contributed by atoms with Gasteiger partial charge in [0, 0.05) is 13.0 Å². The molecule has 2 aromatic rings. The number of ether oxygens (including phenoxy) is 1. The average Bonchev–Trinajstić information content (AvgIpc) is 2.76. The molecule has 0 N–H and O–H groups in total. The van der Waals surface area contributed by atoms with Gasteiger partial charge in [0.15, 0.2) is 0 Å². The van der Waals surface area contributed by atoms with Crippen LogP contribution in [0.15, 0.2) is 65.7 Å². The Kier molecular flexibility index (Phi) is 5.58. The maximum atomic E-state index is 12.0. The van der Waals surface area contributed by atoms with Crippen LogP contribution in [-0.2, 0) is 21.5 Å². The summed E-state index contributed by atoms with van der Waals surface area (Å²) in [5.74, 6) is 0.968. The number of rotatable bonds is 4. The third-order valence-corrected chi connectivity index (χ3v) is 6.36. The summed E-state index contributed by atoms with van der Waals surface area (Å²) in [6, 6.07) is 21.2. The van der Waals surface area contributed by atoms with Crippen molar-refractivity contribution in [1.29, 1.82) is 0 Å². The predicted molar refractivity (Wildman–Crippen MR) is 111 cm³/mol. The lowest BCUT2D eigenvalue weighted by atomic mass is 9.63. The van der Waals surface area contributed by atoms with Gasteiger partial charge in [0.1, 0.15) is 0 Å². The van der Waals surface area contributed by atoms with Crippen LogP contribution in [0.4, 0.5) is 0 Å². The number of piperidine rings is 1. The van der Waals surface area contributed by atoms with Crippen molar-refractivity contribution in [2.45, 2.75) is 37.6 Å². The van der Waals surface area contributed by atoms with Crippen LogP contribution in [0.1, 0.15) is 36.8 Å². The molecule has 1 amide bonds. The van der Waals surface area contributed by atoms with Gasteiger partial charge in [0.05, 0.1) is 12.5 Å². The summed E-state index contributed by atoms with van der Waals surface area (Å²) in [6.45, 7) is 3.10. The van der Waals surface area contributed by atoms with E-state index >= 15 is 0 Å². The largest absolute Gasteiger partial charge is 0.483 e. The summed E-state index contributed by atoms with van der Waals surface area (Å²) < 4.78 is 5.72. The first-order chi connectivity index (χ1) is 13.7. The van der Waals surface area contributed by atoms with Crippen molar-refractivity contribution in [2.75, 3.05) is 20.2 Å². The first kappa shape index (κ1) is 18.9. The fourth-order valence-corrected chi connectivity index (χ4v) is 4.95. The van der Waals surface area contributed by atoms with Crippen molar-refractivity contribution in [3.63, 3.8) is 0 Å². The molecule has 0 spiro atoms. The minimum absolute atomic E-state index is 0.0649. The Morgan fingerprint density at radius 1 is 1.04 bits per heavy atom. The van der Waals surface area contributed by atoms with E-state index in [9.17, 15) is 4.79 Å². The number of aliphatic imine (C=N–C) groups is 1. The topological polar surface area (TPSA) is 41.9 Å². The molecule has 0 aliphatic carbocycles. The zero-order valence-corrected chi connectivity index (χ0v) is 16.5. The highest BCUT2D eigenvalue weighted by Gasteiger charge is 2.49. The van der Waals surface area contributed by atoms with Gasteiger partial charge < -0.3 is 4.74 Å². The molecule has 0 aromatic heterocycles. The summed E-state index contributed by atoms with van der Waals surface area (Å²) >= 11 is 0. The molecule has 1 unspecified atom stereocenters. The lowest BCUT2D eigenvalue weighted by molar-refractivity contribution is -0.119. The predicted octanol–water partition coefficient (Wildman–Crippen LogP) is 4.20. The van der Waals surface area contributed by atoms with Gasteiger partial charge in [-0.1, -0.05) is 60.7 Å². The second kappa shape index (κ2) is 8.27. The number of nitrogens with zero attached hydrogens (tertiary/aromatic N) is 2. The van der Waals surface area contributed by atoms with Gasteiger partial charge >= 0.3 is 0 Å². The molecule has 4 heteroatoms. The maximum Gasteiger partial charge on any atom is 0.248 e. The Balaban J connectivity index is 1.57. The molecule has 1 saturated heterocycles. The fraction of sp³-hybridized carbons (Fsp3) is 0.417. The van der Waals surface area contributed by atoms with Crippen molar-refractivity contribution in [3.05, 3.63) is 71.8 Å². The van der Waals surface area contributed by atoms with Crippen LogP contribution in [0.5, 0.6) is 0 Å². The van der Waals surface area contributed by atoms with Gasteiger partial charge in [-0.05, 0) is 49.4 Å². The van der Waals surface area contributed by atoms with E-state index in [1.54, 1.807) is 7.11 Å². The zero-order chi connectivity index (χ0) is 19.4. The highest BCUT2D eigenvalue weighted by molar-refractivity contribution is 6.00. The highest BCUT2D eigenvalue weighted by Crippen LogP contribution is 2.45. The quantitative estimate of drug-likeness (QED) is 0.803. The number of hydrogen-bond acceptors (Lipinski definition) is 3. The van der Waals surface area contributed by atoms with Crippen LogP contribution in [-0.4, -0.2) is 36.9 Å². The first-order valence-corrected chi connectivity index (χ1v) is 10.2. The van der Waals surface area contributed by atoms with E-state index in [-0.39, 0.29) is 11.3 Å².